The van der Waals surface area contributed by atoms with Gasteiger partial charge in [-0.15, -0.1) is 0 Å². The molecule has 3 N–H and O–H groups in total. The Morgan fingerprint density at radius 1 is 1.02 bits per heavy atom. The fraction of sp³-hybridized carbons (Fsp3) is 0.258. The topological polar surface area (TPSA) is 116 Å². The molecular formula is C31H29Cl2FN4O5. The van der Waals surface area contributed by atoms with Crippen LogP contribution >= 0.6 is 23.2 Å². The number of hydrogen-bond acceptors (Lipinski definition) is 7. The normalized spacial score (nSPS) is 13.5. The first kappa shape index (κ1) is 30.3. The van der Waals surface area contributed by atoms with Crippen molar-refractivity contribution in [1.29, 1.82) is 0 Å². The smallest absolute Gasteiger partial charge is 0.316 e. The van der Waals surface area contributed by atoms with E-state index in [2.05, 4.69) is 10.3 Å². The number of piperidine rings is 1. The number of fused-ring (bicyclic) bond motifs is 1. The summed E-state index contributed by atoms with van der Waals surface area (Å²) in [5.41, 5.74) is 6.42. The molecule has 4 aromatic rings. The van der Waals surface area contributed by atoms with Crippen molar-refractivity contribution in [3.8, 4) is 23.0 Å². The number of primary amides is 1. The van der Waals surface area contributed by atoms with Gasteiger partial charge in [-0.1, -0.05) is 29.3 Å². The van der Waals surface area contributed by atoms with Gasteiger partial charge in [-0.25, -0.2) is 4.39 Å². The number of benzene rings is 3. The molecular weight excluding hydrogens is 598 g/mol. The van der Waals surface area contributed by atoms with Gasteiger partial charge < -0.3 is 25.3 Å². The molecule has 5 rings (SSSR count). The third-order valence-corrected chi connectivity index (χ3v) is 7.75. The Labute approximate surface area is 257 Å². The Kier molecular flexibility index (Phi) is 9.49. The monoisotopic (exact) mass is 626 g/mol. The highest BCUT2D eigenvalue weighted by atomic mass is 35.5. The summed E-state index contributed by atoms with van der Waals surface area (Å²) in [7, 11) is 1.55. The third-order valence-electron chi connectivity index (χ3n) is 7.17. The van der Waals surface area contributed by atoms with Crippen molar-refractivity contribution in [2.45, 2.75) is 19.4 Å². The number of aromatic nitrogens is 1. The predicted octanol–water partition coefficient (Wildman–Crippen LogP) is 5.88. The van der Waals surface area contributed by atoms with E-state index in [1.807, 2.05) is 0 Å². The molecule has 224 valence electrons. The highest BCUT2D eigenvalue weighted by Gasteiger charge is 2.24. The van der Waals surface area contributed by atoms with Gasteiger partial charge in [0.15, 0.2) is 23.1 Å². The first-order valence-corrected chi connectivity index (χ1v) is 14.3. The van der Waals surface area contributed by atoms with Crippen LogP contribution in [0, 0.1) is 11.7 Å². The maximum Gasteiger partial charge on any atom is 0.316 e. The van der Waals surface area contributed by atoms with Crippen LogP contribution in [-0.2, 0) is 16.1 Å². The van der Waals surface area contributed by atoms with Crippen LogP contribution < -0.4 is 30.2 Å². The van der Waals surface area contributed by atoms with Crippen LogP contribution in [0.5, 0.6) is 23.0 Å². The minimum absolute atomic E-state index is 0.0801. The number of carbonyl (C=O) groups excluding carboxylic acids is 2. The number of hydrogen-bond donors (Lipinski definition) is 2. The van der Waals surface area contributed by atoms with Crippen molar-refractivity contribution >= 4 is 51.6 Å². The first-order chi connectivity index (χ1) is 20.7. The van der Waals surface area contributed by atoms with E-state index in [0.29, 0.717) is 51.3 Å². The highest BCUT2D eigenvalue weighted by Crippen LogP contribution is 2.38. The number of nitrogens with two attached hydrogens (primary N) is 1. The number of methoxy groups -OCH3 is 1. The van der Waals surface area contributed by atoms with Gasteiger partial charge in [-0.05, 0) is 73.8 Å². The molecule has 9 nitrogen and oxygen atoms in total. The quantitative estimate of drug-likeness (QED) is 0.223. The van der Waals surface area contributed by atoms with Crippen LogP contribution in [0.15, 0.2) is 60.8 Å². The lowest BCUT2D eigenvalue weighted by Gasteiger charge is -2.23. The summed E-state index contributed by atoms with van der Waals surface area (Å²) in [6.07, 6.45) is 3.63. The molecule has 2 amide bonds. The molecule has 43 heavy (non-hydrogen) atoms. The van der Waals surface area contributed by atoms with E-state index in [9.17, 15) is 9.59 Å². The summed E-state index contributed by atoms with van der Waals surface area (Å²) in [4.78, 5) is 29.9. The van der Waals surface area contributed by atoms with Crippen molar-refractivity contribution < 1.29 is 28.2 Å². The number of halogens is 3. The van der Waals surface area contributed by atoms with Crippen LogP contribution in [0.1, 0.15) is 18.4 Å². The molecule has 1 aromatic heterocycles. The number of ether oxygens (including phenoxy) is 3. The number of amides is 2. The van der Waals surface area contributed by atoms with E-state index in [4.69, 9.17) is 43.1 Å². The molecule has 12 heteroatoms. The fourth-order valence-corrected chi connectivity index (χ4v) is 5.31. The summed E-state index contributed by atoms with van der Waals surface area (Å²) < 4.78 is 33.1. The minimum Gasteiger partial charge on any atom is -0.493 e. The molecule has 3 aromatic carbocycles. The van der Waals surface area contributed by atoms with Gasteiger partial charge in [0.25, 0.3) is 0 Å². The zero-order valence-electron chi connectivity index (χ0n) is 23.2. The zero-order chi connectivity index (χ0) is 30.5. The van der Waals surface area contributed by atoms with Crippen LogP contribution in [0.25, 0.3) is 10.9 Å². The number of anilines is 1. The lowest BCUT2D eigenvalue weighted by Crippen LogP contribution is -2.40. The zero-order valence-corrected chi connectivity index (χ0v) is 24.8. The third kappa shape index (κ3) is 7.10. The van der Waals surface area contributed by atoms with E-state index in [1.54, 1.807) is 43.6 Å². The van der Waals surface area contributed by atoms with Gasteiger partial charge in [0.05, 0.1) is 25.8 Å². The van der Waals surface area contributed by atoms with E-state index in [-0.39, 0.29) is 23.0 Å². The number of nitrogens with one attached hydrogen (secondary N) is 1. The number of carbonyl (C=O) groups is 2. The summed E-state index contributed by atoms with van der Waals surface area (Å²) in [5, 5.41) is 4.60. The highest BCUT2D eigenvalue weighted by molar-refractivity contribution is 6.40. The average Bonchev–Trinajstić information content (AvgIpc) is 3.00. The van der Waals surface area contributed by atoms with E-state index in [1.165, 1.54) is 18.2 Å². The Morgan fingerprint density at radius 2 is 1.81 bits per heavy atom. The van der Waals surface area contributed by atoms with Crippen LogP contribution in [0.4, 0.5) is 10.1 Å². The molecule has 1 fully saturated rings. The minimum atomic E-state index is -1.21. The van der Waals surface area contributed by atoms with Gasteiger partial charge in [-0.2, -0.15) is 0 Å². The standard InChI is InChI=1S/C31H29Cl2FN4O5/c1-41-28-14-22-25(15-29(28)42-17-18-6-9-36-10-7-18)37-11-8-26(22)43-27-5-4-21(13-24(27)34)38(31(40)30(35)39)16-19-2-3-20(32)12-23(19)33/h2-5,8,11-15,18,36H,6-7,9-10,16-17H2,1H3,(H2,35,39). The first-order valence-electron chi connectivity index (χ1n) is 13.6. The summed E-state index contributed by atoms with van der Waals surface area (Å²) in [6, 6.07) is 13.7. The van der Waals surface area contributed by atoms with Crippen molar-refractivity contribution in [3.63, 3.8) is 0 Å². The Hall–Kier alpha value is -4.12. The average molecular weight is 627 g/mol. The summed E-state index contributed by atoms with van der Waals surface area (Å²) in [5.74, 6) is -1.29. The summed E-state index contributed by atoms with van der Waals surface area (Å²) in [6.45, 7) is 2.36. The lowest BCUT2D eigenvalue weighted by atomic mass is 9.99. The predicted molar refractivity (Wildman–Crippen MR) is 163 cm³/mol. The molecule has 0 aliphatic carbocycles. The molecule has 0 radical (unpaired) electrons. The largest absolute Gasteiger partial charge is 0.493 e. The second kappa shape index (κ2) is 13.5. The summed E-state index contributed by atoms with van der Waals surface area (Å²) >= 11 is 12.2. The molecule has 0 saturated carbocycles. The van der Waals surface area contributed by atoms with Crippen molar-refractivity contribution in [2.24, 2.45) is 11.7 Å². The lowest BCUT2D eigenvalue weighted by molar-refractivity contribution is -0.135. The van der Waals surface area contributed by atoms with E-state index < -0.39 is 17.6 Å². The van der Waals surface area contributed by atoms with Crippen LogP contribution in [0.2, 0.25) is 10.0 Å². The number of pyridine rings is 1. The molecule has 2 heterocycles. The number of rotatable bonds is 9. The van der Waals surface area contributed by atoms with Gasteiger partial charge in [0, 0.05) is 39.4 Å². The van der Waals surface area contributed by atoms with E-state index in [0.717, 1.165) is 36.9 Å². The van der Waals surface area contributed by atoms with Gasteiger partial charge >= 0.3 is 11.8 Å². The SMILES string of the molecule is COc1cc2c(Oc3ccc(N(Cc4ccc(Cl)cc4Cl)C(=O)C(N)=O)cc3F)ccnc2cc1OCC1CCNCC1. The van der Waals surface area contributed by atoms with Gasteiger partial charge in [0.1, 0.15) is 5.75 Å². The van der Waals surface area contributed by atoms with Crippen LogP contribution in [0.3, 0.4) is 0 Å². The van der Waals surface area contributed by atoms with Crippen molar-refractivity contribution in [3.05, 3.63) is 82.2 Å². The second-order valence-corrected chi connectivity index (χ2v) is 10.9. The van der Waals surface area contributed by atoms with Crippen molar-refractivity contribution in [1.82, 2.24) is 10.3 Å². The molecule has 0 unspecified atom stereocenters. The molecule has 0 bridgehead atoms. The van der Waals surface area contributed by atoms with E-state index >= 15 is 4.39 Å². The Morgan fingerprint density at radius 3 is 2.51 bits per heavy atom. The Balaban J connectivity index is 1.40. The molecule has 0 atom stereocenters. The molecule has 1 aliphatic heterocycles. The number of nitrogens with zero attached hydrogens (tertiary/aromatic N) is 2. The molecule has 1 aliphatic rings. The fourth-order valence-electron chi connectivity index (χ4n) is 4.84. The maximum absolute atomic E-state index is 15.4. The van der Waals surface area contributed by atoms with Crippen molar-refractivity contribution in [2.75, 3.05) is 31.7 Å². The van der Waals surface area contributed by atoms with Gasteiger partial charge in [-0.3, -0.25) is 19.5 Å². The Bertz CT molecular complexity index is 1670. The molecule has 0 spiro atoms. The second-order valence-electron chi connectivity index (χ2n) is 10.0. The maximum atomic E-state index is 15.4. The van der Waals surface area contributed by atoms with Gasteiger partial charge in [0.2, 0.25) is 0 Å². The van der Waals surface area contributed by atoms with Crippen LogP contribution in [-0.4, -0.2) is 43.6 Å². The molecule has 1 saturated heterocycles.